The lowest BCUT2D eigenvalue weighted by Crippen LogP contribution is -2.13. The molecule has 0 radical (unpaired) electrons. The van der Waals surface area contributed by atoms with Crippen molar-refractivity contribution >= 4 is 17.1 Å². The van der Waals surface area contributed by atoms with Crippen LogP contribution in [0.3, 0.4) is 0 Å². The minimum absolute atomic E-state index is 0.683. The molecule has 0 aromatic heterocycles. The number of rotatable bonds is 4. The number of nitrogens with zero attached hydrogens (tertiary/aromatic N) is 3. The third kappa shape index (κ3) is 4.42. The van der Waals surface area contributed by atoms with Crippen molar-refractivity contribution < 1.29 is 4.74 Å². The molecule has 0 aliphatic heterocycles. The molecule has 4 aromatic carbocycles. The highest BCUT2D eigenvalue weighted by Gasteiger charge is 2.20. The van der Waals surface area contributed by atoms with Crippen LogP contribution in [0.1, 0.15) is 38.9 Å². The van der Waals surface area contributed by atoms with Crippen LogP contribution < -0.4 is 9.64 Å². The lowest BCUT2D eigenvalue weighted by Gasteiger charge is -2.27. The molecule has 4 aromatic rings. The van der Waals surface area contributed by atoms with Crippen LogP contribution >= 0.6 is 0 Å². The summed E-state index contributed by atoms with van der Waals surface area (Å²) in [6, 6.07) is 31.6. The zero-order valence-electron chi connectivity index (χ0n) is 20.6. The first kappa shape index (κ1) is 23.2. The fraction of sp³-hybridized carbons (Fsp3) is 0.188. The maximum atomic E-state index is 9.69. The molecule has 1 aliphatic rings. The third-order valence-corrected chi connectivity index (χ3v) is 7.03. The zero-order chi connectivity index (χ0) is 25.1. The van der Waals surface area contributed by atoms with Gasteiger partial charge in [-0.3, -0.25) is 0 Å². The van der Waals surface area contributed by atoms with E-state index in [1.54, 1.807) is 19.2 Å². The van der Waals surface area contributed by atoms with Gasteiger partial charge in [-0.25, -0.2) is 0 Å². The van der Waals surface area contributed by atoms with Gasteiger partial charge in [-0.15, -0.1) is 0 Å². The van der Waals surface area contributed by atoms with E-state index in [9.17, 15) is 10.5 Å². The molecule has 0 bridgehead atoms. The number of ether oxygens (including phenoxy) is 1. The normalized spacial score (nSPS) is 12.2. The van der Waals surface area contributed by atoms with E-state index in [1.807, 2.05) is 12.1 Å². The van der Waals surface area contributed by atoms with E-state index in [4.69, 9.17) is 4.74 Å². The zero-order valence-corrected chi connectivity index (χ0v) is 20.6. The Morgan fingerprint density at radius 1 is 0.639 bits per heavy atom. The number of benzene rings is 4. The van der Waals surface area contributed by atoms with E-state index in [1.165, 1.54) is 16.7 Å². The third-order valence-electron chi connectivity index (χ3n) is 7.03. The molecule has 0 saturated carbocycles. The molecular formula is C32H27N3O. The Labute approximate surface area is 212 Å². The highest BCUT2D eigenvalue weighted by molar-refractivity contribution is 5.77. The maximum Gasteiger partial charge on any atom is 0.119 e. The Balaban J connectivity index is 1.56. The monoisotopic (exact) mass is 469 g/mol. The van der Waals surface area contributed by atoms with E-state index in [2.05, 4.69) is 78.6 Å². The van der Waals surface area contributed by atoms with Crippen LogP contribution in [-0.2, 0) is 25.7 Å². The number of anilines is 3. The maximum absolute atomic E-state index is 9.69. The summed E-state index contributed by atoms with van der Waals surface area (Å²) in [5, 5.41) is 19.3. The lowest BCUT2D eigenvalue weighted by molar-refractivity contribution is 0.415. The molecule has 0 spiro atoms. The topological polar surface area (TPSA) is 60.0 Å². The molecule has 36 heavy (non-hydrogen) atoms. The van der Waals surface area contributed by atoms with Gasteiger partial charge in [-0.2, -0.15) is 10.5 Å². The predicted molar refractivity (Wildman–Crippen MR) is 143 cm³/mol. The SMILES string of the molecule is COc1ccc(N(c2ccc(C)cc2)c2ccc3c(c2)CCc2c(C#N)ccc(C#N)c2CC3)cc1. The Bertz CT molecular complexity index is 1490. The van der Waals surface area contributed by atoms with Gasteiger partial charge in [-0.05, 0) is 116 Å². The smallest absolute Gasteiger partial charge is 0.119 e. The number of methoxy groups -OCH3 is 1. The van der Waals surface area contributed by atoms with E-state index >= 15 is 0 Å². The molecule has 0 saturated heterocycles. The van der Waals surface area contributed by atoms with Crippen LogP contribution in [0, 0.1) is 29.6 Å². The summed E-state index contributed by atoms with van der Waals surface area (Å²) in [6.45, 7) is 2.10. The first-order valence-corrected chi connectivity index (χ1v) is 12.2. The van der Waals surface area contributed by atoms with E-state index in [0.29, 0.717) is 11.1 Å². The first-order valence-electron chi connectivity index (χ1n) is 12.2. The molecule has 4 nitrogen and oxygen atoms in total. The summed E-state index contributed by atoms with van der Waals surface area (Å²) >= 11 is 0. The van der Waals surface area contributed by atoms with Crippen molar-refractivity contribution in [3.63, 3.8) is 0 Å². The summed E-state index contributed by atoms with van der Waals surface area (Å²) in [5.74, 6) is 0.824. The Morgan fingerprint density at radius 3 is 1.72 bits per heavy atom. The van der Waals surface area contributed by atoms with Gasteiger partial charge in [0.2, 0.25) is 0 Å². The Hall–Kier alpha value is -4.54. The quantitative estimate of drug-likeness (QED) is 0.320. The van der Waals surface area contributed by atoms with Crippen molar-refractivity contribution in [2.24, 2.45) is 0 Å². The summed E-state index contributed by atoms with van der Waals surface area (Å²) in [6.07, 6.45) is 3.18. The Kier molecular flexibility index (Phi) is 6.44. The molecule has 0 fully saturated rings. The van der Waals surface area contributed by atoms with Gasteiger partial charge >= 0.3 is 0 Å². The standard InChI is InChI=1S/C32H27N3O/c1-22-3-10-27(11-4-22)35(28-13-15-30(36-2)16-14-28)29-12-7-23-8-17-31-25(20-33)5-6-26(21-34)32(31)18-9-24(23)19-29/h3-7,10-16,19H,8-9,17-18H2,1-2H3. The molecule has 0 heterocycles. The van der Waals surface area contributed by atoms with E-state index in [0.717, 1.165) is 59.6 Å². The van der Waals surface area contributed by atoms with Crippen LogP contribution in [0.5, 0.6) is 5.75 Å². The van der Waals surface area contributed by atoms with Gasteiger partial charge in [0.25, 0.3) is 0 Å². The van der Waals surface area contributed by atoms with Gasteiger partial charge in [0.1, 0.15) is 5.75 Å². The van der Waals surface area contributed by atoms with Crippen molar-refractivity contribution in [2.75, 3.05) is 12.0 Å². The number of fused-ring (bicyclic) bond motifs is 2. The van der Waals surface area contributed by atoms with Gasteiger partial charge in [-0.1, -0.05) is 23.8 Å². The molecule has 0 atom stereocenters. The van der Waals surface area contributed by atoms with Crippen molar-refractivity contribution in [1.29, 1.82) is 10.5 Å². The lowest BCUT2D eigenvalue weighted by atomic mass is 9.84. The molecular weight excluding hydrogens is 442 g/mol. The summed E-state index contributed by atoms with van der Waals surface area (Å²) < 4.78 is 5.38. The molecule has 4 heteroatoms. The van der Waals surface area contributed by atoms with E-state index in [-0.39, 0.29) is 0 Å². The molecule has 0 amide bonds. The van der Waals surface area contributed by atoms with Gasteiger partial charge in [0.05, 0.1) is 30.4 Å². The van der Waals surface area contributed by atoms with Crippen molar-refractivity contribution in [2.45, 2.75) is 32.6 Å². The molecule has 1 aliphatic carbocycles. The summed E-state index contributed by atoms with van der Waals surface area (Å²) in [7, 11) is 1.68. The van der Waals surface area contributed by atoms with Gasteiger partial charge < -0.3 is 9.64 Å². The largest absolute Gasteiger partial charge is 0.497 e. The Morgan fingerprint density at radius 2 is 1.17 bits per heavy atom. The number of nitriles is 2. The molecule has 176 valence electrons. The van der Waals surface area contributed by atoms with Crippen LogP contribution in [0.4, 0.5) is 17.1 Å². The fourth-order valence-corrected chi connectivity index (χ4v) is 5.09. The second-order valence-electron chi connectivity index (χ2n) is 9.16. The van der Waals surface area contributed by atoms with Crippen LogP contribution in [-0.4, -0.2) is 7.11 Å². The minimum Gasteiger partial charge on any atom is -0.497 e. The second kappa shape index (κ2) is 9.98. The van der Waals surface area contributed by atoms with Crippen LogP contribution in [0.2, 0.25) is 0 Å². The molecule has 5 rings (SSSR count). The van der Waals surface area contributed by atoms with Crippen molar-refractivity contribution in [3.8, 4) is 17.9 Å². The van der Waals surface area contributed by atoms with E-state index < -0.39 is 0 Å². The predicted octanol–water partition coefficient (Wildman–Crippen LogP) is 7.10. The number of hydrogen-bond acceptors (Lipinski definition) is 4. The van der Waals surface area contributed by atoms with Gasteiger partial charge in [0, 0.05) is 17.1 Å². The van der Waals surface area contributed by atoms with Crippen LogP contribution in [0.15, 0.2) is 78.9 Å². The number of aryl methyl sites for hydroxylation is 3. The van der Waals surface area contributed by atoms with Crippen molar-refractivity contribution in [3.05, 3.63) is 118 Å². The highest BCUT2D eigenvalue weighted by Crippen LogP contribution is 2.37. The number of hydrogen-bond donors (Lipinski definition) is 0. The molecule has 0 unspecified atom stereocenters. The van der Waals surface area contributed by atoms with Gasteiger partial charge in [0.15, 0.2) is 0 Å². The summed E-state index contributed by atoms with van der Waals surface area (Å²) in [4.78, 5) is 2.26. The van der Waals surface area contributed by atoms with Crippen LogP contribution in [0.25, 0.3) is 0 Å². The second-order valence-corrected chi connectivity index (χ2v) is 9.16. The average molecular weight is 470 g/mol. The average Bonchev–Trinajstić information content (AvgIpc) is 2.91. The molecule has 0 N–H and O–H groups in total. The van der Waals surface area contributed by atoms with Crippen molar-refractivity contribution in [1.82, 2.24) is 0 Å². The highest BCUT2D eigenvalue weighted by atomic mass is 16.5. The first-order chi connectivity index (χ1) is 17.6. The minimum atomic E-state index is 0.683. The summed E-state index contributed by atoms with van der Waals surface area (Å²) in [5.41, 5.74) is 10.5. The fourth-order valence-electron chi connectivity index (χ4n) is 5.09.